The number of alkyl halides is 1. The zero-order valence-electron chi connectivity index (χ0n) is 7.47. The molecule has 0 radical (unpaired) electrons. The molecule has 1 aromatic heterocycles. The fourth-order valence-corrected chi connectivity index (χ4v) is 1.09. The number of anilines is 1. The normalized spacial score (nSPS) is 9.08. The summed E-state index contributed by atoms with van der Waals surface area (Å²) in [5, 5.41) is 0.881. The molecule has 1 rings (SSSR count). The summed E-state index contributed by atoms with van der Waals surface area (Å²) in [6, 6.07) is 1.88. The Kier molecular flexibility index (Phi) is 3.78. The van der Waals surface area contributed by atoms with Crippen LogP contribution >= 0.6 is 15.9 Å². The number of halogens is 1. The van der Waals surface area contributed by atoms with Gasteiger partial charge >= 0.3 is 0 Å². The number of hydrogen-bond acceptors (Lipinski definition) is 2. The van der Waals surface area contributed by atoms with E-state index in [2.05, 4.69) is 32.8 Å². The highest BCUT2D eigenvalue weighted by atomic mass is 79.9. The maximum Gasteiger partial charge on any atom is 0.136 e. The smallest absolute Gasteiger partial charge is 0.136 e. The van der Waals surface area contributed by atoms with Crippen LogP contribution in [0.25, 0.3) is 0 Å². The number of nitrogen functional groups attached to an aromatic ring is 1. The van der Waals surface area contributed by atoms with Crippen molar-refractivity contribution in [1.29, 1.82) is 0 Å². The lowest BCUT2D eigenvalue weighted by Crippen LogP contribution is -1.94. The van der Waals surface area contributed by atoms with Gasteiger partial charge in [-0.05, 0) is 24.5 Å². The maximum absolute atomic E-state index is 5.73. The maximum atomic E-state index is 5.73. The highest BCUT2D eigenvalue weighted by Crippen LogP contribution is 2.08. The first kappa shape index (κ1) is 10.1. The molecular weight excluding hydrogens is 228 g/mol. The van der Waals surface area contributed by atoms with Gasteiger partial charge in [0.15, 0.2) is 0 Å². The molecule has 2 N–H and O–H groups in total. The van der Waals surface area contributed by atoms with E-state index in [0.717, 1.165) is 17.3 Å². The van der Waals surface area contributed by atoms with E-state index in [4.69, 9.17) is 5.73 Å². The molecule has 3 heteroatoms. The Morgan fingerprint density at radius 3 is 3.00 bits per heavy atom. The largest absolute Gasteiger partial charge is 0.396 e. The second kappa shape index (κ2) is 4.88. The molecular formula is C10H11BrN2. The van der Waals surface area contributed by atoms with Gasteiger partial charge in [-0.15, -0.1) is 0 Å². The van der Waals surface area contributed by atoms with E-state index in [1.54, 1.807) is 6.20 Å². The minimum Gasteiger partial charge on any atom is -0.396 e. The van der Waals surface area contributed by atoms with Gasteiger partial charge in [0.2, 0.25) is 0 Å². The summed E-state index contributed by atoms with van der Waals surface area (Å²) in [6.45, 7) is 1.96. The van der Waals surface area contributed by atoms with E-state index in [1.165, 1.54) is 0 Å². The van der Waals surface area contributed by atoms with Gasteiger partial charge in [0, 0.05) is 17.9 Å². The molecule has 1 heterocycles. The van der Waals surface area contributed by atoms with E-state index < -0.39 is 0 Å². The summed E-state index contributed by atoms with van der Waals surface area (Å²) in [4.78, 5) is 4.14. The molecule has 0 spiro atoms. The van der Waals surface area contributed by atoms with Crippen LogP contribution < -0.4 is 5.73 Å². The Labute approximate surface area is 86.7 Å². The van der Waals surface area contributed by atoms with Crippen molar-refractivity contribution in [1.82, 2.24) is 4.98 Å². The molecule has 2 nitrogen and oxygen atoms in total. The van der Waals surface area contributed by atoms with Gasteiger partial charge in [-0.2, -0.15) is 0 Å². The summed E-state index contributed by atoms with van der Waals surface area (Å²) in [6.07, 6.45) is 2.59. The summed E-state index contributed by atoms with van der Waals surface area (Å²) in [5.74, 6) is 5.90. The molecule has 0 aliphatic rings. The van der Waals surface area contributed by atoms with Crippen LogP contribution in [0.1, 0.15) is 17.7 Å². The van der Waals surface area contributed by atoms with Gasteiger partial charge in [0.25, 0.3) is 0 Å². The quantitative estimate of drug-likeness (QED) is 0.602. The predicted octanol–water partition coefficient (Wildman–Crippen LogP) is 2.11. The molecule has 0 fully saturated rings. The van der Waals surface area contributed by atoms with Crippen molar-refractivity contribution >= 4 is 21.6 Å². The minimum atomic E-state index is 0.655. The van der Waals surface area contributed by atoms with Gasteiger partial charge in [-0.3, -0.25) is 0 Å². The van der Waals surface area contributed by atoms with Gasteiger partial charge < -0.3 is 5.73 Å². The average molecular weight is 239 g/mol. The number of hydrogen-bond donors (Lipinski definition) is 1. The number of aromatic nitrogens is 1. The highest BCUT2D eigenvalue weighted by Gasteiger charge is 1.95. The molecule has 0 aromatic carbocycles. The second-order valence-corrected chi connectivity index (χ2v) is 3.48. The third kappa shape index (κ3) is 3.08. The van der Waals surface area contributed by atoms with Crippen LogP contribution in [0, 0.1) is 18.8 Å². The fraction of sp³-hybridized carbons (Fsp3) is 0.300. The Hall–Kier alpha value is -1.01. The lowest BCUT2D eigenvalue weighted by atomic mass is 10.2. The van der Waals surface area contributed by atoms with Crippen LogP contribution in [-0.4, -0.2) is 10.3 Å². The first-order valence-corrected chi connectivity index (χ1v) is 5.13. The summed E-state index contributed by atoms with van der Waals surface area (Å²) in [7, 11) is 0. The first-order chi connectivity index (χ1) is 6.24. The standard InChI is InChI=1S/C10H11BrN2/c1-8-6-9(12)10(13-7-8)4-2-3-5-11/h6-7H,3,5,12H2,1H3. The zero-order chi connectivity index (χ0) is 9.68. The van der Waals surface area contributed by atoms with Crippen LogP contribution in [0.4, 0.5) is 5.69 Å². The van der Waals surface area contributed by atoms with E-state index in [-0.39, 0.29) is 0 Å². The molecule has 0 aliphatic heterocycles. The van der Waals surface area contributed by atoms with Crippen LogP contribution in [0.15, 0.2) is 12.3 Å². The van der Waals surface area contributed by atoms with Crippen molar-refractivity contribution < 1.29 is 0 Å². The Bertz CT molecular complexity index is 350. The highest BCUT2D eigenvalue weighted by molar-refractivity contribution is 9.09. The van der Waals surface area contributed by atoms with Crippen molar-refractivity contribution in [3.63, 3.8) is 0 Å². The summed E-state index contributed by atoms with van der Waals surface area (Å²) < 4.78 is 0. The van der Waals surface area contributed by atoms with Crippen LogP contribution in [0.5, 0.6) is 0 Å². The summed E-state index contributed by atoms with van der Waals surface area (Å²) in [5.41, 5.74) is 8.11. The molecule has 0 saturated heterocycles. The fourth-order valence-electron chi connectivity index (χ4n) is 0.890. The molecule has 68 valence electrons. The number of rotatable bonds is 1. The number of nitrogens with zero attached hydrogens (tertiary/aromatic N) is 1. The van der Waals surface area contributed by atoms with Gasteiger partial charge in [-0.1, -0.05) is 21.9 Å². The van der Waals surface area contributed by atoms with Crippen molar-refractivity contribution in [2.75, 3.05) is 11.1 Å². The monoisotopic (exact) mass is 238 g/mol. The Balaban J connectivity index is 2.85. The van der Waals surface area contributed by atoms with Crippen LogP contribution in [-0.2, 0) is 0 Å². The molecule has 13 heavy (non-hydrogen) atoms. The van der Waals surface area contributed by atoms with E-state index in [0.29, 0.717) is 11.4 Å². The lowest BCUT2D eigenvalue weighted by Gasteiger charge is -1.97. The molecule has 0 bridgehead atoms. The Morgan fingerprint density at radius 2 is 2.38 bits per heavy atom. The summed E-state index contributed by atoms with van der Waals surface area (Å²) >= 11 is 3.30. The van der Waals surface area contributed by atoms with E-state index in [1.807, 2.05) is 13.0 Å². The molecule has 0 saturated carbocycles. The second-order valence-electron chi connectivity index (χ2n) is 2.69. The van der Waals surface area contributed by atoms with Crippen molar-refractivity contribution in [3.8, 4) is 11.8 Å². The SMILES string of the molecule is Cc1cnc(C#CCCBr)c(N)c1. The zero-order valence-corrected chi connectivity index (χ0v) is 9.06. The van der Waals surface area contributed by atoms with Gasteiger partial charge in [0.1, 0.15) is 5.69 Å². The lowest BCUT2D eigenvalue weighted by molar-refractivity contribution is 1.24. The van der Waals surface area contributed by atoms with Crippen LogP contribution in [0.2, 0.25) is 0 Å². The van der Waals surface area contributed by atoms with Crippen molar-refractivity contribution in [2.24, 2.45) is 0 Å². The molecule has 0 aliphatic carbocycles. The average Bonchev–Trinajstić information content (AvgIpc) is 2.09. The van der Waals surface area contributed by atoms with Gasteiger partial charge in [0.05, 0.1) is 5.69 Å². The predicted molar refractivity (Wildman–Crippen MR) is 58.7 cm³/mol. The third-order valence-electron chi connectivity index (χ3n) is 1.48. The Morgan fingerprint density at radius 1 is 1.62 bits per heavy atom. The molecule has 0 amide bonds. The minimum absolute atomic E-state index is 0.655. The first-order valence-electron chi connectivity index (χ1n) is 4.01. The van der Waals surface area contributed by atoms with Crippen LogP contribution in [0.3, 0.4) is 0 Å². The van der Waals surface area contributed by atoms with E-state index in [9.17, 15) is 0 Å². The van der Waals surface area contributed by atoms with E-state index >= 15 is 0 Å². The third-order valence-corrected chi connectivity index (χ3v) is 1.88. The molecule has 0 atom stereocenters. The number of pyridine rings is 1. The molecule has 0 unspecified atom stereocenters. The van der Waals surface area contributed by atoms with Gasteiger partial charge in [-0.25, -0.2) is 4.98 Å². The molecule has 1 aromatic rings. The number of nitrogens with two attached hydrogens (primary N) is 1. The van der Waals surface area contributed by atoms with Crippen molar-refractivity contribution in [2.45, 2.75) is 13.3 Å². The topological polar surface area (TPSA) is 38.9 Å². The number of aryl methyl sites for hydroxylation is 1. The van der Waals surface area contributed by atoms with Crippen molar-refractivity contribution in [3.05, 3.63) is 23.5 Å².